The van der Waals surface area contributed by atoms with Crippen molar-refractivity contribution in [2.75, 3.05) is 0 Å². The highest BCUT2D eigenvalue weighted by Crippen LogP contribution is 2.10. The molecule has 0 amide bonds. The minimum atomic E-state index is 0.538. The van der Waals surface area contributed by atoms with Gasteiger partial charge >= 0.3 is 0 Å². The van der Waals surface area contributed by atoms with E-state index in [0.717, 1.165) is 18.1 Å². The van der Waals surface area contributed by atoms with Gasteiger partial charge in [0, 0.05) is 11.6 Å². The number of aliphatic hydroxyl groups is 1. The Hall–Kier alpha value is -1.24. The predicted octanol–water partition coefficient (Wildman–Crippen LogP) is 1.32. The van der Waals surface area contributed by atoms with E-state index in [0.29, 0.717) is 5.76 Å². The highest BCUT2D eigenvalue weighted by molar-refractivity contribution is 5.52. The minimum absolute atomic E-state index is 0.538. The van der Waals surface area contributed by atoms with E-state index in [2.05, 4.69) is 13.0 Å². The van der Waals surface area contributed by atoms with E-state index in [1.807, 2.05) is 18.2 Å². The fourth-order valence-electron chi connectivity index (χ4n) is 1.68. The summed E-state index contributed by atoms with van der Waals surface area (Å²) < 4.78 is 0. The summed E-state index contributed by atoms with van der Waals surface area (Å²) in [7, 11) is 0. The van der Waals surface area contributed by atoms with Gasteiger partial charge in [0.1, 0.15) is 5.76 Å². The van der Waals surface area contributed by atoms with Crippen LogP contribution >= 0.6 is 0 Å². The summed E-state index contributed by atoms with van der Waals surface area (Å²) in [5.41, 5.74) is 1.38. The summed E-state index contributed by atoms with van der Waals surface area (Å²) in [6.07, 6.45) is 1.78. The standard InChI is InChI=1S/C11H12O/c1-8-6-7-11(12)10-5-3-2-4-9(8)10/h2-5,12H,6-7H2,1H3. The molecule has 0 fully saturated rings. The van der Waals surface area contributed by atoms with Gasteiger partial charge in [-0.25, -0.2) is 0 Å². The van der Waals surface area contributed by atoms with Gasteiger partial charge in [0.15, 0.2) is 0 Å². The predicted molar refractivity (Wildman–Crippen MR) is 50.0 cm³/mol. The van der Waals surface area contributed by atoms with Crippen LogP contribution in [-0.4, -0.2) is 5.11 Å². The van der Waals surface area contributed by atoms with Crippen LogP contribution in [0.25, 0.3) is 11.3 Å². The van der Waals surface area contributed by atoms with Crippen LogP contribution in [0.3, 0.4) is 0 Å². The number of hydrogen-bond donors (Lipinski definition) is 1. The number of aliphatic hydroxyl groups excluding tert-OH is 1. The number of benzene rings is 1. The maximum Gasteiger partial charge on any atom is 0.100 e. The number of rotatable bonds is 0. The molecule has 0 atom stereocenters. The highest BCUT2D eigenvalue weighted by atomic mass is 16.3. The summed E-state index contributed by atoms with van der Waals surface area (Å²) in [6, 6.07) is 8.03. The van der Waals surface area contributed by atoms with Gasteiger partial charge in [-0.15, -0.1) is 0 Å². The molecule has 62 valence electrons. The Balaban J connectivity index is 2.95. The van der Waals surface area contributed by atoms with Crippen LogP contribution in [-0.2, 0) is 0 Å². The van der Waals surface area contributed by atoms with Crippen molar-refractivity contribution in [2.45, 2.75) is 19.8 Å². The maximum absolute atomic E-state index is 9.58. The molecule has 1 aliphatic rings. The van der Waals surface area contributed by atoms with E-state index in [1.54, 1.807) is 0 Å². The largest absolute Gasteiger partial charge is 0.512 e. The molecule has 0 radical (unpaired) electrons. The van der Waals surface area contributed by atoms with Crippen LogP contribution in [0.5, 0.6) is 0 Å². The summed E-state index contributed by atoms with van der Waals surface area (Å²) in [5, 5.41) is 11.8. The molecule has 1 heteroatoms. The maximum atomic E-state index is 9.58. The monoisotopic (exact) mass is 160 g/mol. The van der Waals surface area contributed by atoms with Crippen molar-refractivity contribution in [3.63, 3.8) is 0 Å². The van der Waals surface area contributed by atoms with Crippen molar-refractivity contribution in [3.8, 4) is 0 Å². The van der Waals surface area contributed by atoms with E-state index in [9.17, 15) is 5.11 Å². The van der Waals surface area contributed by atoms with Crippen molar-refractivity contribution in [1.29, 1.82) is 0 Å². The lowest BCUT2D eigenvalue weighted by Crippen LogP contribution is -2.31. The zero-order chi connectivity index (χ0) is 8.55. The topological polar surface area (TPSA) is 20.2 Å². The number of fused-ring (bicyclic) bond motifs is 1. The molecule has 0 bridgehead atoms. The van der Waals surface area contributed by atoms with Crippen LogP contribution in [0.1, 0.15) is 19.8 Å². The van der Waals surface area contributed by atoms with E-state index >= 15 is 0 Å². The van der Waals surface area contributed by atoms with Crippen LogP contribution < -0.4 is 10.4 Å². The average molecular weight is 160 g/mol. The lowest BCUT2D eigenvalue weighted by atomic mass is 10.00. The van der Waals surface area contributed by atoms with Gasteiger partial charge in [0.25, 0.3) is 0 Å². The first kappa shape index (κ1) is 7.41. The van der Waals surface area contributed by atoms with Gasteiger partial charge in [-0.05, 0) is 18.6 Å². The molecular formula is C11H12O. The summed E-state index contributed by atoms with van der Waals surface area (Å²) >= 11 is 0. The lowest BCUT2D eigenvalue weighted by Gasteiger charge is -2.08. The molecule has 1 aromatic carbocycles. The third-order valence-electron chi connectivity index (χ3n) is 2.43. The molecule has 0 saturated heterocycles. The molecule has 2 rings (SSSR count). The van der Waals surface area contributed by atoms with E-state index < -0.39 is 0 Å². The zero-order valence-electron chi connectivity index (χ0n) is 7.17. The Morgan fingerprint density at radius 2 is 1.75 bits per heavy atom. The molecule has 0 heterocycles. The Labute approximate surface area is 71.7 Å². The van der Waals surface area contributed by atoms with Crippen molar-refractivity contribution >= 4 is 11.3 Å². The van der Waals surface area contributed by atoms with Crippen LogP contribution in [0, 0.1) is 0 Å². The SMILES string of the molecule is CC1=c2ccccc2=C(O)CC1. The summed E-state index contributed by atoms with van der Waals surface area (Å²) in [4.78, 5) is 0. The normalized spacial score (nSPS) is 16.1. The first-order valence-electron chi connectivity index (χ1n) is 4.26. The third-order valence-corrected chi connectivity index (χ3v) is 2.43. The molecule has 0 unspecified atom stereocenters. The second-order valence-electron chi connectivity index (χ2n) is 3.27. The highest BCUT2D eigenvalue weighted by Gasteiger charge is 2.05. The molecule has 1 nitrogen and oxygen atoms in total. The van der Waals surface area contributed by atoms with Crippen LogP contribution in [0.15, 0.2) is 24.3 Å². The fraction of sp³-hybridized carbons (Fsp3) is 0.273. The molecule has 12 heavy (non-hydrogen) atoms. The van der Waals surface area contributed by atoms with Crippen molar-refractivity contribution in [1.82, 2.24) is 0 Å². The number of hydrogen-bond acceptors (Lipinski definition) is 1. The quantitative estimate of drug-likeness (QED) is 0.607. The smallest absolute Gasteiger partial charge is 0.100 e. The molecule has 0 aliphatic heterocycles. The Bertz CT molecular complexity index is 374. The van der Waals surface area contributed by atoms with Crippen molar-refractivity contribution in [2.24, 2.45) is 0 Å². The minimum Gasteiger partial charge on any atom is -0.512 e. The van der Waals surface area contributed by atoms with Gasteiger partial charge in [0.05, 0.1) is 0 Å². The van der Waals surface area contributed by atoms with Gasteiger partial charge < -0.3 is 5.11 Å². The van der Waals surface area contributed by atoms with Gasteiger partial charge in [0.2, 0.25) is 0 Å². The summed E-state index contributed by atoms with van der Waals surface area (Å²) in [5.74, 6) is 0.538. The van der Waals surface area contributed by atoms with Gasteiger partial charge in [-0.3, -0.25) is 0 Å². The third kappa shape index (κ3) is 1.02. The first-order valence-corrected chi connectivity index (χ1v) is 4.26. The molecule has 1 aliphatic carbocycles. The van der Waals surface area contributed by atoms with Gasteiger partial charge in [-0.1, -0.05) is 29.8 Å². The molecule has 0 saturated carbocycles. The Morgan fingerprint density at radius 1 is 1.08 bits per heavy atom. The lowest BCUT2D eigenvalue weighted by molar-refractivity contribution is 0.476. The van der Waals surface area contributed by atoms with Crippen LogP contribution in [0.2, 0.25) is 0 Å². The summed E-state index contributed by atoms with van der Waals surface area (Å²) in [6.45, 7) is 2.13. The first-order chi connectivity index (χ1) is 5.79. The van der Waals surface area contributed by atoms with Crippen molar-refractivity contribution in [3.05, 3.63) is 34.7 Å². The second-order valence-corrected chi connectivity index (χ2v) is 3.27. The molecule has 1 aromatic rings. The Morgan fingerprint density at radius 3 is 2.42 bits per heavy atom. The molecule has 1 N–H and O–H groups in total. The molecule has 0 spiro atoms. The van der Waals surface area contributed by atoms with E-state index in [-0.39, 0.29) is 0 Å². The van der Waals surface area contributed by atoms with Crippen LogP contribution in [0.4, 0.5) is 0 Å². The molecular weight excluding hydrogens is 148 g/mol. The fourth-order valence-corrected chi connectivity index (χ4v) is 1.68. The second kappa shape index (κ2) is 2.67. The van der Waals surface area contributed by atoms with Gasteiger partial charge in [-0.2, -0.15) is 0 Å². The Kier molecular flexibility index (Phi) is 1.65. The van der Waals surface area contributed by atoms with E-state index in [1.165, 1.54) is 10.8 Å². The van der Waals surface area contributed by atoms with E-state index in [4.69, 9.17) is 0 Å². The van der Waals surface area contributed by atoms with Crippen molar-refractivity contribution < 1.29 is 5.11 Å². The molecule has 0 aromatic heterocycles. The zero-order valence-corrected chi connectivity index (χ0v) is 7.17. The average Bonchev–Trinajstić information content (AvgIpc) is 2.12.